The van der Waals surface area contributed by atoms with Gasteiger partial charge in [-0.25, -0.2) is 0 Å². The summed E-state index contributed by atoms with van der Waals surface area (Å²) in [6.07, 6.45) is 4.24. The summed E-state index contributed by atoms with van der Waals surface area (Å²) in [7, 11) is 5.23. The quantitative estimate of drug-likeness (QED) is 0.405. The topological polar surface area (TPSA) is 26.0 Å². The Morgan fingerprint density at radius 2 is 1.86 bits per heavy atom. The lowest BCUT2D eigenvalue weighted by atomic mass is 10.00. The van der Waals surface area contributed by atoms with E-state index in [9.17, 15) is 0 Å². The molecule has 7 heavy (non-hydrogen) atoms. The molecule has 0 aromatic heterocycles. The molecule has 2 N–H and O–H groups in total. The molecule has 0 saturated heterocycles. The van der Waals surface area contributed by atoms with Crippen molar-refractivity contribution >= 4 is 7.85 Å². The summed E-state index contributed by atoms with van der Waals surface area (Å²) in [5.74, 6) is 0. The van der Waals surface area contributed by atoms with Crippen molar-refractivity contribution in [3.8, 4) is 0 Å². The Labute approximate surface area is 46.7 Å². The lowest BCUT2D eigenvalue weighted by molar-refractivity contribution is 0.727. The maximum absolute atomic E-state index is 5.23. The van der Waals surface area contributed by atoms with Gasteiger partial charge in [0.15, 0.2) is 0 Å². The van der Waals surface area contributed by atoms with Crippen LogP contribution in [-0.2, 0) is 0 Å². The van der Waals surface area contributed by atoms with Crippen LogP contribution < -0.4 is 5.73 Å². The Morgan fingerprint density at radius 3 is 2.29 bits per heavy atom. The van der Waals surface area contributed by atoms with E-state index in [0.717, 1.165) is 25.7 Å². The Bertz CT molecular complexity index is 27.3. The zero-order chi connectivity index (χ0) is 5.54. The van der Waals surface area contributed by atoms with Crippen LogP contribution in [-0.4, -0.2) is 14.4 Å². The predicted molar refractivity (Wildman–Crippen MR) is 33.5 cm³/mol. The molecule has 0 saturated carbocycles. The molecule has 1 nitrogen and oxygen atoms in total. The molecule has 2 radical (unpaired) electrons. The van der Waals surface area contributed by atoms with Gasteiger partial charge in [-0.3, -0.25) is 0 Å². The van der Waals surface area contributed by atoms with Crippen molar-refractivity contribution in [2.45, 2.75) is 25.6 Å². The molecule has 0 amide bonds. The fraction of sp³-hybridized carbons (Fsp3) is 1.00. The van der Waals surface area contributed by atoms with Crippen LogP contribution in [0.2, 0.25) is 6.32 Å². The highest BCUT2D eigenvalue weighted by Crippen LogP contribution is 1.94. The fourth-order valence-corrected chi connectivity index (χ4v) is 0.465. The SMILES string of the molecule is [B]CCCCCN. The van der Waals surface area contributed by atoms with E-state index in [1.807, 2.05) is 0 Å². The van der Waals surface area contributed by atoms with Crippen molar-refractivity contribution < 1.29 is 0 Å². The molecule has 0 aromatic rings. The highest BCUT2D eigenvalue weighted by molar-refractivity contribution is 6.08. The molecular formula is C5H12BN. The summed E-state index contributed by atoms with van der Waals surface area (Å²) in [4.78, 5) is 0. The van der Waals surface area contributed by atoms with Crippen LogP contribution in [0.5, 0.6) is 0 Å². The smallest absolute Gasteiger partial charge is 0.0653 e. The average molecular weight is 97.0 g/mol. The molecule has 0 bridgehead atoms. The van der Waals surface area contributed by atoms with Crippen molar-refractivity contribution in [2.24, 2.45) is 5.73 Å². The van der Waals surface area contributed by atoms with Gasteiger partial charge in [-0.2, -0.15) is 0 Å². The molecule has 0 heterocycles. The Kier molecular flexibility index (Phi) is 6.05. The maximum Gasteiger partial charge on any atom is 0.0653 e. The molecule has 0 aliphatic rings. The van der Waals surface area contributed by atoms with Crippen molar-refractivity contribution in [1.82, 2.24) is 0 Å². The molecule has 0 spiro atoms. The monoisotopic (exact) mass is 97.1 g/mol. The molecule has 0 unspecified atom stereocenters. The fourth-order valence-electron chi connectivity index (χ4n) is 0.465. The van der Waals surface area contributed by atoms with E-state index in [1.54, 1.807) is 0 Å². The van der Waals surface area contributed by atoms with E-state index >= 15 is 0 Å². The van der Waals surface area contributed by atoms with Gasteiger partial charge in [-0.1, -0.05) is 19.2 Å². The van der Waals surface area contributed by atoms with E-state index in [-0.39, 0.29) is 0 Å². The summed E-state index contributed by atoms with van der Waals surface area (Å²) in [6.45, 7) is 0.806. The van der Waals surface area contributed by atoms with Crippen LogP contribution in [0.4, 0.5) is 0 Å². The molecule has 0 aliphatic heterocycles. The molecular weight excluding hydrogens is 84.9 g/mol. The predicted octanol–water partition coefficient (Wildman–Crippen LogP) is 0.702. The zero-order valence-electron chi connectivity index (χ0n) is 4.69. The third-order valence-electron chi connectivity index (χ3n) is 0.908. The van der Waals surface area contributed by atoms with Crippen LogP contribution in [0, 0.1) is 0 Å². The molecule has 0 atom stereocenters. The first-order valence-corrected chi connectivity index (χ1v) is 2.82. The van der Waals surface area contributed by atoms with E-state index in [4.69, 9.17) is 13.6 Å². The molecule has 0 aromatic carbocycles. The van der Waals surface area contributed by atoms with E-state index < -0.39 is 0 Å². The minimum Gasteiger partial charge on any atom is -0.330 e. The third kappa shape index (κ3) is 6.02. The van der Waals surface area contributed by atoms with Gasteiger partial charge in [0.25, 0.3) is 0 Å². The summed E-state index contributed by atoms with van der Waals surface area (Å²) in [5, 5.41) is 0. The number of hydrogen-bond acceptors (Lipinski definition) is 1. The van der Waals surface area contributed by atoms with Crippen molar-refractivity contribution in [1.29, 1.82) is 0 Å². The lowest BCUT2D eigenvalue weighted by Gasteiger charge is -1.91. The van der Waals surface area contributed by atoms with Crippen LogP contribution in [0.3, 0.4) is 0 Å². The lowest BCUT2D eigenvalue weighted by Crippen LogP contribution is -1.97. The molecule has 2 heteroatoms. The normalized spacial score (nSPS) is 9.29. The van der Waals surface area contributed by atoms with Gasteiger partial charge in [0.1, 0.15) is 0 Å². The van der Waals surface area contributed by atoms with Gasteiger partial charge >= 0.3 is 0 Å². The van der Waals surface area contributed by atoms with Crippen molar-refractivity contribution in [2.75, 3.05) is 6.54 Å². The molecule has 40 valence electrons. The summed E-state index contributed by atoms with van der Waals surface area (Å²) >= 11 is 0. The van der Waals surface area contributed by atoms with Crippen LogP contribution in [0.1, 0.15) is 19.3 Å². The van der Waals surface area contributed by atoms with Crippen molar-refractivity contribution in [3.63, 3.8) is 0 Å². The van der Waals surface area contributed by atoms with Gasteiger partial charge in [0, 0.05) is 0 Å². The van der Waals surface area contributed by atoms with E-state index in [2.05, 4.69) is 0 Å². The van der Waals surface area contributed by atoms with Gasteiger partial charge in [0.05, 0.1) is 7.85 Å². The Hall–Kier alpha value is 0.0249. The minimum atomic E-state index is 0.806. The minimum absolute atomic E-state index is 0.806. The number of rotatable bonds is 4. The standard InChI is InChI=1S/C5H12BN/c6-4-2-1-3-5-7/h1-5,7H2. The first-order chi connectivity index (χ1) is 3.41. The zero-order valence-corrected chi connectivity index (χ0v) is 4.69. The summed E-state index contributed by atoms with van der Waals surface area (Å²) in [5.41, 5.74) is 5.23. The van der Waals surface area contributed by atoms with Crippen molar-refractivity contribution in [3.05, 3.63) is 0 Å². The van der Waals surface area contributed by atoms with Crippen LogP contribution in [0.25, 0.3) is 0 Å². The average Bonchev–Trinajstić information content (AvgIpc) is 1.69. The number of hydrogen-bond donors (Lipinski definition) is 1. The van der Waals surface area contributed by atoms with E-state index in [0.29, 0.717) is 0 Å². The summed E-state index contributed by atoms with van der Waals surface area (Å²) in [6, 6.07) is 0. The van der Waals surface area contributed by atoms with Crippen LogP contribution in [0.15, 0.2) is 0 Å². The van der Waals surface area contributed by atoms with Gasteiger partial charge in [-0.05, 0) is 13.0 Å². The molecule has 0 rings (SSSR count). The largest absolute Gasteiger partial charge is 0.330 e. The van der Waals surface area contributed by atoms with Gasteiger partial charge < -0.3 is 5.73 Å². The van der Waals surface area contributed by atoms with Gasteiger partial charge in [-0.15, -0.1) is 0 Å². The maximum atomic E-state index is 5.23. The second kappa shape index (κ2) is 6.02. The Balaban J connectivity index is 2.45. The first-order valence-electron chi connectivity index (χ1n) is 2.82. The van der Waals surface area contributed by atoms with Crippen LogP contribution >= 0.6 is 0 Å². The molecule has 0 aliphatic carbocycles. The number of nitrogens with two attached hydrogens (primary N) is 1. The highest BCUT2D eigenvalue weighted by atomic mass is 14.5. The van der Waals surface area contributed by atoms with E-state index in [1.165, 1.54) is 6.42 Å². The van der Waals surface area contributed by atoms with Gasteiger partial charge in [0.2, 0.25) is 0 Å². The second-order valence-electron chi connectivity index (χ2n) is 1.64. The Morgan fingerprint density at radius 1 is 1.14 bits per heavy atom. The summed E-state index contributed by atoms with van der Waals surface area (Å²) < 4.78 is 0. The second-order valence-corrected chi connectivity index (χ2v) is 1.64. The first kappa shape index (κ1) is 7.02. The molecule has 0 fully saturated rings. The highest BCUT2D eigenvalue weighted by Gasteiger charge is 1.80. The third-order valence-corrected chi connectivity index (χ3v) is 0.908. The number of unbranched alkanes of at least 4 members (excludes halogenated alkanes) is 2.